The molecule has 3 aromatic carbocycles. The summed E-state index contributed by atoms with van der Waals surface area (Å²) in [5, 5.41) is 12.6. The molecule has 36 heavy (non-hydrogen) atoms. The molecule has 1 fully saturated rings. The van der Waals surface area contributed by atoms with Crippen LogP contribution >= 0.6 is 23.2 Å². The maximum absolute atomic E-state index is 13.2. The number of halogens is 2. The summed E-state index contributed by atoms with van der Waals surface area (Å²) < 4.78 is 27.5. The third kappa shape index (κ3) is 5.90. The first kappa shape index (κ1) is 26.2. The van der Waals surface area contributed by atoms with Crippen LogP contribution in [-0.4, -0.2) is 48.3 Å². The van der Waals surface area contributed by atoms with Crippen LogP contribution < -0.4 is 5.32 Å². The van der Waals surface area contributed by atoms with Gasteiger partial charge in [-0.2, -0.15) is 4.31 Å². The van der Waals surface area contributed by atoms with Crippen LogP contribution in [0.5, 0.6) is 0 Å². The lowest BCUT2D eigenvalue weighted by molar-refractivity contribution is -0.142. The largest absolute Gasteiger partial charge is 0.480 e. The quantitative estimate of drug-likeness (QED) is 0.428. The number of amides is 1. The molecule has 10 heteroatoms. The van der Waals surface area contributed by atoms with Crippen LogP contribution in [0.4, 0.5) is 0 Å². The normalized spacial score (nSPS) is 17.0. The molecule has 0 spiro atoms. The lowest BCUT2D eigenvalue weighted by Crippen LogP contribution is -2.51. The Morgan fingerprint density at radius 1 is 0.972 bits per heavy atom. The second-order valence-electron chi connectivity index (χ2n) is 8.55. The van der Waals surface area contributed by atoms with Gasteiger partial charge in [-0.15, -0.1) is 0 Å². The second-order valence-corrected chi connectivity index (χ2v) is 11.3. The van der Waals surface area contributed by atoms with Crippen molar-refractivity contribution in [1.82, 2.24) is 9.62 Å². The highest BCUT2D eigenvalue weighted by Crippen LogP contribution is 2.30. The van der Waals surface area contributed by atoms with Gasteiger partial charge in [0.25, 0.3) is 0 Å². The lowest BCUT2D eigenvalue weighted by atomic mass is 10.0. The zero-order valence-electron chi connectivity index (χ0n) is 19.1. The summed E-state index contributed by atoms with van der Waals surface area (Å²) in [5.41, 5.74) is 2.76. The van der Waals surface area contributed by atoms with E-state index in [4.69, 9.17) is 23.2 Å². The molecular formula is C26H24Cl2N2O5S. The molecule has 2 N–H and O–H groups in total. The van der Waals surface area contributed by atoms with Crippen molar-refractivity contribution in [2.75, 3.05) is 6.54 Å². The van der Waals surface area contributed by atoms with Gasteiger partial charge < -0.3 is 10.4 Å². The molecule has 7 nitrogen and oxygen atoms in total. The van der Waals surface area contributed by atoms with Gasteiger partial charge in [0.15, 0.2) is 0 Å². The summed E-state index contributed by atoms with van der Waals surface area (Å²) in [6.07, 6.45) is 0.793. The number of carboxylic acids is 1. The summed E-state index contributed by atoms with van der Waals surface area (Å²) in [6, 6.07) is 18.9. The summed E-state index contributed by atoms with van der Waals surface area (Å²) in [6.45, 7) is 0.128. The van der Waals surface area contributed by atoms with Crippen molar-refractivity contribution in [3.8, 4) is 11.1 Å². The van der Waals surface area contributed by atoms with Crippen LogP contribution in [0.25, 0.3) is 11.1 Å². The molecule has 1 saturated heterocycles. The molecule has 188 valence electrons. The van der Waals surface area contributed by atoms with E-state index >= 15 is 0 Å². The first-order valence-electron chi connectivity index (χ1n) is 11.3. The van der Waals surface area contributed by atoms with E-state index in [1.807, 2.05) is 54.6 Å². The third-order valence-corrected chi connectivity index (χ3v) is 8.39. The van der Waals surface area contributed by atoms with Gasteiger partial charge in [0.2, 0.25) is 15.9 Å². The van der Waals surface area contributed by atoms with E-state index in [2.05, 4.69) is 5.32 Å². The number of hydrogen-bond donors (Lipinski definition) is 2. The minimum Gasteiger partial charge on any atom is -0.480 e. The highest BCUT2D eigenvalue weighted by atomic mass is 35.5. The topological polar surface area (TPSA) is 104 Å². The number of aliphatic carboxylic acids is 1. The molecule has 4 rings (SSSR count). The predicted molar refractivity (Wildman–Crippen MR) is 139 cm³/mol. The van der Waals surface area contributed by atoms with Crippen molar-refractivity contribution >= 4 is 45.1 Å². The average molecular weight is 547 g/mol. The Morgan fingerprint density at radius 2 is 1.58 bits per heavy atom. The predicted octanol–water partition coefficient (Wildman–Crippen LogP) is 4.63. The number of carboxylic acid groups (broad SMARTS) is 1. The summed E-state index contributed by atoms with van der Waals surface area (Å²) >= 11 is 12.0. The van der Waals surface area contributed by atoms with Gasteiger partial charge in [0.05, 0.1) is 4.90 Å². The van der Waals surface area contributed by atoms with Gasteiger partial charge in [0.1, 0.15) is 12.1 Å². The second kappa shape index (κ2) is 11.0. The zero-order chi connectivity index (χ0) is 25.9. The maximum Gasteiger partial charge on any atom is 0.326 e. The molecule has 2 atom stereocenters. The van der Waals surface area contributed by atoms with Gasteiger partial charge in [-0.1, -0.05) is 77.8 Å². The Balaban J connectivity index is 1.48. The zero-order valence-corrected chi connectivity index (χ0v) is 21.4. The van der Waals surface area contributed by atoms with E-state index in [9.17, 15) is 23.1 Å². The molecule has 1 amide bonds. The molecule has 0 radical (unpaired) electrons. The number of nitrogens with zero attached hydrogens (tertiary/aromatic N) is 1. The highest BCUT2D eigenvalue weighted by Gasteiger charge is 2.40. The van der Waals surface area contributed by atoms with Gasteiger partial charge in [-0.3, -0.25) is 4.79 Å². The summed E-state index contributed by atoms with van der Waals surface area (Å²) in [4.78, 5) is 24.9. The molecule has 0 aromatic heterocycles. The Hall–Kier alpha value is -2.91. The van der Waals surface area contributed by atoms with E-state index in [0.717, 1.165) is 21.0 Å². The monoisotopic (exact) mass is 546 g/mol. The van der Waals surface area contributed by atoms with Crippen molar-refractivity contribution in [2.24, 2.45) is 0 Å². The Kier molecular flexibility index (Phi) is 8.00. The number of nitrogens with one attached hydrogen (secondary N) is 1. The molecule has 0 unspecified atom stereocenters. The van der Waals surface area contributed by atoms with Crippen LogP contribution in [0.2, 0.25) is 10.0 Å². The van der Waals surface area contributed by atoms with Crippen LogP contribution in [0.1, 0.15) is 18.4 Å². The number of benzene rings is 3. The minimum atomic E-state index is -4.07. The number of carbonyl (C=O) groups is 2. The van der Waals surface area contributed by atoms with E-state index in [1.165, 1.54) is 18.2 Å². The van der Waals surface area contributed by atoms with E-state index in [0.29, 0.717) is 6.42 Å². The fourth-order valence-electron chi connectivity index (χ4n) is 4.27. The number of sulfonamides is 1. The Bertz CT molecular complexity index is 1340. The highest BCUT2D eigenvalue weighted by molar-refractivity contribution is 7.89. The van der Waals surface area contributed by atoms with Crippen LogP contribution in [0, 0.1) is 0 Å². The molecule has 3 aromatic rings. The molecule has 0 saturated carbocycles. The first-order chi connectivity index (χ1) is 17.1. The van der Waals surface area contributed by atoms with Crippen molar-refractivity contribution in [2.45, 2.75) is 36.2 Å². The molecule has 1 aliphatic heterocycles. The van der Waals surface area contributed by atoms with Gasteiger partial charge in [-0.05, 0) is 47.7 Å². The van der Waals surface area contributed by atoms with Crippen molar-refractivity contribution < 1.29 is 23.1 Å². The van der Waals surface area contributed by atoms with Crippen LogP contribution in [-0.2, 0) is 26.0 Å². The van der Waals surface area contributed by atoms with Gasteiger partial charge in [-0.25, -0.2) is 13.2 Å². The molecule has 0 bridgehead atoms. The Labute approximate surface area is 219 Å². The summed E-state index contributed by atoms with van der Waals surface area (Å²) in [5.74, 6) is -1.86. The van der Waals surface area contributed by atoms with Gasteiger partial charge >= 0.3 is 5.97 Å². The van der Waals surface area contributed by atoms with Crippen molar-refractivity contribution in [1.29, 1.82) is 0 Å². The molecule has 0 aliphatic carbocycles. The first-order valence-corrected chi connectivity index (χ1v) is 13.5. The summed E-state index contributed by atoms with van der Waals surface area (Å²) in [7, 11) is -4.07. The van der Waals surface area contributed by atoms with E-state index in [1.54, 1.807) is 0 Å². The van der Waals surface area contributed by atoms with E-state index in [-0.39, 0.29) is 34.3 Å². The molecule has 1 aliphatic rings. The van der Waals surface area contributed by atoms with Gasteiger partial charge in [0, 0.05) is 23.0 Å². The third-order valence-electron chi connectivity index (χ3n) is 6.06. The van der Waals surface area contributed by atoms with Crippen molar-refractivity contribution in [3.63, 3.8) is 0 Å². The average Bonchev–Trinajstić information content (AvgIpc) is 3.35. The lowest BCUT2D eigenvalue weighted by Gasteiger charge is -2.25. The molecule has 1 heterocycles. The number of rotatable bonds is 8. The van der Waals surface area contributed by atoms with Crippen LogP contribution in [0.15, 0.2) is 77.7 Å². The molecular weight excluding hydrogens is 523 g/mol. The smallest absolute Gasteiger partial charge is 0.326 e. The number of hydrogen-bond acceptors (Lipinski definition) is 4. The van der Waals surface area contributed by atoms with Crippen LogP contribution in [0.3, 0.4) is 0 Å². The standard InChI is InChI=1S/C26H24Cl2N2O5S/c27-20-14-21(28)16-22(15-20)36(34,35)30-12-4-7-24(30)25(31)29-23(26(32)33)13-17-8-10-19(11-9-17)18-5-2-1-3-6-18/h1-3,5-6,8-11,14-16,23-24H,4,7,12-13H2,(H,29,31)(H,32,33)/t23-,24-/m0/s1. The maximum atomic E-state index is 13.2. The minimum absolute atomic E-state index is 0.0551. The fourth-order valence-corrected chi connectivity index (χ4v) is 6.65. The van der Waals surface area contributed by atoms with E-state index < -0.39 is 34.0 Å². The fraction of sp³-hybridized carbons (Fsp3) is 0.231. The Morgan fingerprint density at radius 3 is 2.19 bits per heavy atom. The number of carbonyl (C=O) groups excluding carboxylic acids is 1. The van der Waals surface area contributed by atoms with Crippen molar-refractivity contribution in [3.05, 3.63) is 88.4 Å². The SMILES string of the molecule is O=C(O)[C@H](Cc1ccc(-c2ccccc2)cc1)NC(=O)[C@@H]1CCCN1S(=O)(=O)c1cc(Cl)cc(Cl)c1.